The molecule has 1 amide bonds. The van der Waals surface area contributed by atoms with Crippen molar-refractivity contribution < 1.29 is 13.9 Å². The number of hydrogen-bond acceptors (Lipinski definition) is 4. The Labute approximate surface area is 150 Å². The van der Waals surface area contributed by atoms with E-state index in [0.29, 0.717) is 36.6 Å². The fraction of sp³-hybridized carbons (Fsp3) is 0.316. The normalized spacial score (nSPS) is 17.7. The summed E-state index contributed by atoms with van der Waals surface area (Å²) in [6.45, 7) is 5.10. The molecule has 4 rings (SSSR count). The molecule has 26 heavy (non-hydrogen) atoms. The number of hydrogen-bond donors (Lipinski definition) is 1. The molecule has 1 aliphatic rings. The first-order valence-corrected chi connectivity index (χ1v) is 8.51. The molecule has 0 unspecified atom stereocenters. The van der Waals surface area contributed by atoms with E-state index in [0.717, 1.165) is 16.9 Å². The van der Waals surface area contributed by atoms with Gasteiger partial charge < -0.3 is 14.6 Å². The molecular weight excluding hydrogens is 335 g/mol. The number of carbonyl (C=O) groups excluding carboxylic acids is 1. The number of fused-ring (bicyclic) bond motifs is 1. The number of morpholine rings is 1. The van der Waals surface area contributed by atoms with Gasteiger partial charge in [0.15, 0.2) is 0 Å². The highest BCUT2D eigenvalue weighted by atomic mass is 19.1. The molecule has 1 N–H and O–H groups in total. The second-order valence-electron chi connectivity index (χ2n) is 6.51. The van der Waals surface area contributed by atoms with Gasteiger partial charge in [0, 0.05) is 23.1 Å². The van der Waals surface area contributed by atoms with Crippen LogP contribution in [-0.4, -0.2) is 45.5 Å². The van der Waals surface area contributed by atoms with Crippen LogP contribution in [0.3, 0.4) is 0 Å². The summed E-state index contributed by atoms with van der Waals surface area (Å²) in [5, 5.41) is 0.681. The molecule has 0 spiro atoms. The summed E-state index contributed by atoms with van der Waals surface area (Å²) in [5.41, 5.74) is 2.84. The lowest BCUT2D eigenvalue weighted by molar-refractivity contribution is -0.0250. The summed E-state index contributed by atoms with van der Waals surface area (Å²) in [7, 11) is 0. The van der Waals surface area contributed by atoms with E-state index >= 15 is 0 Å². The van der Waals surface area contributed by atoms with Crippen molar-refractivity contribution in [2.24, 2.45) is 0 Å². The lowest BCUT2D eigenvalue weighted by Gasteiger charge is -2.32. The van der Waals surface area contributed by atoms with Gasteiger partial charge in [-0.15, -0.1) is 0 Å². The highest BCUT2D eigenvalue weighted by molar-refractivity contribution is 5.98. The molecule has 1 aromatic carbocycles. The number of halogens is 1. The maximum atomic E-state index is 13.4. The summed E-state index contributed by atoms with van der Waals surface area (Å²) in [6.07, 6.45) is -0.282. The fourth-order valence-corrected chi connectivity index (χ4v) is 3.31. The number of nitrogens with one attached hydrogen (secondary N) is 1. The topological polar surface area (TPSA) is 71.1 Å². The fourth-order valence-electron chi connectivity index (χ4n) is 3.31. The highest BCUT2D eigenvalue weighted by Crippen LogP contribution is 2.24. The Morgan fingerprint density at radius 3 is 2.92 bits per heavy atom. The Hall–Kier alpha value is -2.80. The number of ether oxygens (including phenoxy) is 1. The second-order valence-corrected chi connectivity index (χ2v) is 6.51. The summed E-state index contributed by atoms with van der Waals surface area (Å²) in [5.74, 6) is 0.235. The van der Waals surface area contributed by atoms with Crippen molar-refractivity contribution in [3.05, 3.63) is 59.1 Å². The quantitative estimate of drug-likeness (QED) is 0.768. The third-order valence-electron chi connectivity index (χ3n) is 4.48. The lowest BCUT2D eigenvalue weighted by Crippen LogP contribution is -2.42. The molecule has 2 aromatic heterocycles. The lowest BCUT2D eigenvalue weighted by atomic mass is 10.1. The van der Waals surface area contributed by atoms with Gasteiger partial charge in [-0.2, -0.15) is 0 Å². The molecule has 0 saturated carbocycles. The van der Waals surface area contributed by atoms with Crippen LogP contribution in [0.1, 0.15) is 33.8 Å². The van der Waals surface area contributed by atoms with Gasteiger partial charge in [-0.3, -0.25) is 4.79 Å². The number of H-pyrrole nitrogens is 1. The Morgan fingerprint density at radius 2 is 2.12 bits per heavy atom. The predicted octanol–water partition coefficient (Wildman–Crippen LogP) is 2.93. The predicted molar refractivity (Wildman–Crippen MR) is 94.4 cm³/mol. The second kappa shape index (κ2) is 6.49. The van der Waals surface area contributed by atoms with Crippen LogP contribution in [0.4, 0.5) is 4.39 Å². The first-order chi connectivity index (χ1) is 12.5. The maximum absolute atomic E-state index is 13.4. The van der Waals surface area contributed by atoms with Crippen molar-refractivity contribution in [1.82, 2.24) is 19.9 Å². The smallest absolute Gasteiger partial charge is 0.270 e. The van der Waals surface area contributed by atoms with Crippen molar-refractivity contribution in [2.45, 2.75) is 20.0 Å². The van der Waals surface area contributed by atoms with Crippen LogP contribution in [-0.2, 0) is 4.74 Å². The average Bonchev–Trinajstić information content (AvgIpc) is 3.03. The summed E-state index contributed by atoms with van der Waals surface area (Å²) >= 11 is 0. The van der Waals surface area contributed by atoms with E-state index in [-0.39, 0.29) is 17.8 Å². The van der Waals surface area contributed by atoms with Crippen LogP contribution in [0.5, 0.6) is 0 Å². The maximum Gasteiger partial charge on any atom is 0.270 e. The average molecular weight is 354 g/mol. The zero-order valence-corrected chi connectivity index (χ0v) is 14.6. The van der Waals surface area contributed by atoms with Crippen LogP contribution in [0.2, 0.25) is 0 Å². The molecule has 1 aliphatic heterocycles. The number of amides is 1. The Morgan fingerprint density at radius 1 is 1.27 bits per heavy atom. The van der Waals surface area contributed by atoms with Crippen LogP contribution >= 0.6 is 0 Å². The van der Waals surface area contributed by atoms with Gasteiger partial charge in [-0.25, -0.2) is 14.4 Å². The standard InChI is InChI=1S/C19H19FN4O2/c1-11-7-16(22-12(2)21-11)18-10-24(5-6-26-18)19(25)17-9-13-8-14(20)3-4-15(13)23-17/h3-4,7-9,18,23H,5-6,10H2,1-2H3/t18-/m1/s1. The molecule has 0 aliphatic carbocycles. The van der Waals surface area contributed by atoms with E-state index in [9.17, 15) is 9.18 Å². The molecule has 3 heterocycles. The molecule has 1 saturated heterocycles. The van der Waals surface area contributed by atoms with Crippen LogP contribution in [0.25, 0.3) is 10.9 Å². The van der Waals surface area contributed by atoms with Crippen molar-refractivity contribution in [1.29, 1.82) is 0 Å². The van der Waals surface area contributed by atoms with Gasteiger partial charge in [-0.05, 0) is 44.2 Å². The highest BCUT2D eigenvalue weighted by Gasteiger charge is 2.28. The molecule has 0 bridgehead atoms. The zero-order chi connectivity index (χ0) is 18.3. The third-order valence-corrected chi connectivity index (χ3v) is 4.48. The number of aromatic nitrogens is 3. The van der Waals surface area contributed by atoms with Gasteiger partial charge in [-0.1, -0.05) is 0 Å². The SMILES string of the molecule is Cc1cc([C@H]2CN(C(=O)c3cc4cc(F)ccc4[nH]3)CCO2)nc(C)n1. The van der Waals surface area contributed by atoms with Crippen molar-refractivity contribution in [3.8, 4) is 0 Å². The monoisotopic (exact) mass is 354 g/mol. The van der Waals surface area contributed by atoms with Crippen molar-refractivity contribution in [3.63, 3.8) is 0 Å². The minimum absolute atomic E-state index is 0.127. The van der Waals surface area contributed by atoms with Gasteiger partial charge >= 0.3 is 0 Å². The molecule has 134 valence electrons. The minimum atomic E-state index is -0.323. The number of aromatic amines is 1. The van der Waals surface area contributed by atoms with E-state index in [1.807, 2.05) is 19.9 Å². The van der Waals surface area contributed by atoms with Crippen LogP contribution in [0, 0.1) is 19.7 Å². The minimum Gasteiger partial charge on any atom is -0.368 e. The summed E-state index contributed by atoms with van der Waals surface area (Å²) < 4.78 is 19.2. The molecule has 3 aromatic rings. The molecular formula is C19H19FN4O2. The molecule has 0 radical (unpaired) electrons. The molecule has 7 heteroatoms. The largest absolute Gasteiger partial charge is 0.368 e. The number of benzene rings is 1. The van der Waals surface area contributed by atoms with Gasteiger partial charge in [0.05, 0.1) is 18.8 Å². The number of rotatable bonds is 2. The number of nitrogens with zero attached hydrogens (tertiary/aromatic N) is 3. The Bertz CT molecular complexity index is 965. The first-order valence-electron chi connectivity index (χ1n) is 8.51. The van der Waals surface area contributed by atoms with E-state index in [1.54, 1.807) is 17.0 Å². The van der Waals surface area contributed by atoms with E-state index < -0.39 is 0 Å². The van der Waals surface area contributed by atoms with E-state index in [1.165, 1.54) is 12.1 Å². The third kappa shape index (κ3) is 3.17. The summed E-state index contributed by atoms with van der Waals surface area (Å²) in [6, 6.07) is 7.99. The zero-order valence-electron chi connectivity index (χ0n) is 14.6. The van der Waals surface area contributed by atoms with Crippen molar-refractivity contribution in [2.75, 3.05) is 19.7 Å². The van der Waals surface area contributed by atoms with E-state index in [4.69, 9.17) is 4.74 Å². The molecule has 1 fully saturated rings. The number of carbonyl (C=O) groups is 1. The van der Waals surface area contributed by atoms with Gasteiger partial charge in [0.2, 0.25) is 0 Å². The Kier molecular flexibility index (Phi) is 4.16. The Balaban J connectivity index is 1.57. The summed E-state index contributed by atoms with van der Waals surface area (Å²) in [4.78, 5) is 26.4. The van der Waals surface area contributed by atoms with E-state index in [2.05, 4.69) is 15.0 Å². The van der Waals surface area contributed by atoms with Crippen molar-refractivity contribution >= 4 is 16.8 Å². The van der Waals surface area contributed by atoms with Crippen LogP contribution < -0.4 is 0 Å². The number of aryl methyl sites for hydroxylation is 2. The van der Waals surface area contributed by atoms with Gasteiger partial charge in [0.25, 0.3) is 5.91 Å². The molecule has 6 nitrogen and oxygen atoms in total. The first kappa shape index (κ1) is 16.7. The molecule has 1 atom stereocenters. The van der Waals surface area contributed by atoms with Gasteiger partial charge in [0.1, 0.15) is 23.4 Å². The van der Waals surface area contributed by atoms with Crippen LogP contribution in [0.15, 0.2) is 30.3 Å².